The molecule has 0 spiro atoms. The first kappa shape index (κ1) is 16.4. The molecule has 6 heteroatoms. The van der Waals surface area contributed by atoms with Gasteiger partial charge in [0.2, 0.25) is 5.75 Å². The van der Waals surface area contributed by atoms with E-state index in [1.165, 1.54) is 0 Å². The van der Waals surface area contributed by atoms with E-state index in [-0.39, 0.29) is 12.7 Å². The number of hydrogen-bond acceptors (Lipinski definition) is 6. The second-order valence-corrected chi connectivity index (χ2v) is 5.93. The first-order chi connectivity index (χ1) is 11.3. The van der Waals surface area contributed by atoms with E-state index in [2.05, 4.69) is 9.80 Å². The summed E-state index contributed by atoms with van der Waals surface area (Å²) in [6.45, 7) is 8.98. The minimum absolute atomic E-state index is 0.0218. The first-order valence-electron chi connectivity index (χ1n) is 8.41. The minimum atomic E-state index is 0.0218. The van der Waals surface area contributed by atoms with Gasteiger partial charge < -0.3 is 19.3 Å². The van der Waals surface area contributed by atoms with Crippen LogP contribution in [0, 0.1) is 0 Å². The van der Waals surface area contributed by atoms with Crippen LogP contribution in [-0.2, 0) is 0 Å². The SMILES string of the molecule is CCOc1cccc2c1OC(CN1CCN(CCO)CC1)CO2. The molecule has 3 rings (SSSR count). The van der Waals surface area contributed by atoms with Crippen LogP contribution in [0.25, 0.3) is 0 Å². The van der Waals surface area contributed by atoms with E-state index in [4.69, 9.17) is 19.3 Å². The van der Waals surface area contributed by atoms with Crippen molar-refractivity contribution in [3.8, 4) is 17.2 Å². The highest BCUT2D eigenvalue weighted by Crippen LogP contribution is 2.40. The first-order valence-corrected chi connectivity index (χ1v) is 8.41. The molecule has 6 nitrogen and oxygen atoms in total. The Hall–Kier alpha value is -1.50. The maximum absolute atomic E-state index is 9.00. The lowest BCUT2D eigenvalue weighted by Crippen LogP contribution is -2.51. The molecule has 1 fully saturated rings. The molecule has 0 amide bonds. The summed E-state index contributed by atoms with van der Waals surface area (Å²) in [5.74, 6) is 2.24. The van der Waals surface area contributed by atoms with Crippen molar-refractivity contribution >= 4 is 0 Å². The zero-order valence-corrected chi connectivity index (χ0v) is 13.7. The number of hydrogen-bond donors (Lipinski definition) is 1. The third-order valence-corrected chi connectivity index (χ3v) is 4.29. The number of nitrogens with zero attached hydrogens (tertiary/aromatic N) is 2. The lowest BCUT2D eigenvalue weighted by molar-refractivity contribution is 0.0355. The number of aliphatic hydroxyl groups excluding tert-OH is 1. The molecule has 2 aliphatic heterocycles. The van der Waals surface area contributed by atoms with E-state index in [9.17, 15) is 0 Å². The van der Waals surface area contributed by atoms with Crippen molar-refractivity contribution in [3.63, 3.8) is 0 Å². The van der Waals surface area contributed by atoms with Crippen LogP contribution in [0.15, 0.2) is 18.2 Å². The zero-order valence-electron chi connectivity index (χ0n) is 13.7. The maximum atomic E-state index is 9.00. The highest BCUT2D eigenvalue weighted by Gasteiger charge is 2.27. The Kier molecular flexibility index (Phi) is 5.59. The van der Waals surface area contributed by atoms with E-state index in [0.717, 1.165) is 56.5 Å². The van der Waals surface area contributed by atoms with Crippen LogP contribution < -0.4 is 14.2 Å². The molecule has 0 radical (unpaired) electrons. The molecule has 0 aliphatic carbocycles. The van der Waals surface area contributed by atoms with Gasteiger partial charge in [-0.25, -0.2) is 0 Å². The average molecular weight is 322 g/mol. The van der Waals surface area contributed by atoms with E-state index >= 15 is 0 Å². The Labute approximate surface area is 137 Å². The van der Waals surface area contributed by atoms with Crippen LogP contribution in [0.3, 0.4) is 0 Å². The van der Waals surface area contributed by atoms with Crippen LogP contribution in [0.5, 0.6) is 17.2 Å². The van der Waals surface area contributed by atoms with Gasteiger partial charge in [0, 0.05) is 39.3 Å². The van der Waals surface area contributed by atoms with Gasteiger partial charge in [0.1, 0.15) is 12.7 Å². The smallest absolute Gasteiger partial charge is 0.204 e. The highest BCUT2D eigenvalue weighted by atomic mass is 16.6. The van der Waals surface area contributed by atoms with Crippen molar-refractivity contribution < 1.29 is 19.3 Å². The largest absolute Gasteiger partial charge is 0.490 e. The van der Waals surface area contributed by atoms with Gasteiger partial charge in [-0.15, -0.1) is 0 Å². The molecule has 1 aromatic carbocycles. The van der Waals surface area contributed by atoms with Crippen molar-refractivity contribution in [1.82, 2.24) is 9.80 Å². The average Bonchev–Trinajstić information content (AvgIpc) is 2.58. The Morgan fingerprint density at radius 1 is 1.22 bits per heavy atom. The Balaban J connectivity index is 1.55. The summed E-state index contributed by atoms with van der Waals surface area (Å²) in [6, 6.07) is 5.76. The summed E-state index contributed by atoms with van der Waals surface area (Å²) < 4.78 is 17.6. The highest BCUT2D eigenvalue weighted by molar-refractivity contribution is 5.52. The monoisotopic (exact) mass is 322 g/mol. The van der Waals surface area contributed by atoms with Crippen molar-refractivity contribution in [1.29, 1.82) is 0 Å². The summed E-state index contributed by atoms with van der Waals surface area (Å²) in [5.41, 5.74) is 0. The third-order valence-electron chi connectivity index (χ3n) is 4.29. The molecular formula is C17H26N2O4. The normalized spacial score (nSPS) is 22.1. The topological polar surface area (TPSA) is 54.4 Å². The molecule has 0 saturated carbocycles. The Morgan fingerprint density at radius 2 is 2.00 bits per heavy atom. The molecule has 2 aliphatic rings. The molecule has 0 aromatic heterocycles. The van der Waals surface area contributed by atoms with Gasteiger partial charge in [-0.1, -0.05) is 6.07 Å². The fraction of sp³-hybridized carbons (Fsp3) is 0.647. The van der Waals surface area contributed by atoms with Crippen molar-refractivity contribution in [2.45, 2.75) is 13.0 Å². The Bertz CT molecular complexity index is 503. The predicted molar refractivity (Wildman–Crippen MR) is 87.5 cm³/mol. The van der Waals surface area contributed by atoms with Crippen LogP contribution in [0.2, 0.25) is 0 Å². The van der Waals surface area contributed by atoms with Gasteiger partial charge in [-0.05, 0) is 19.1 Å². The second-order valence-electron chi connectivity index (χ2n) is 5.93. The van der Waals surface area contributed by atoms with Gasteiger partial charge in [0.25, 0.3) is 0 Å². The third kappa shape index (κ3) is 4.07. The molecular weight excluding hydrogens is 296 g/mol. The van der Waals surface area contributed by atoms with Gasteiger partial charge in [0.15, 0.2) is 11.5 Å². The zero-order chi connectivity index (χ0) is 16.1. The lowest BCUT2D eigenvalue weighted by atomic mass is 10.2. The molecule has 23 heavy (non-hydrogen) atoms. The fourth-order valence-electron chi connectivity index (χ4n) is 3.09. The lowest BCUT2D eigenvalue weighted by Gasteiger charge is -2.37. The molecule has 128 valence electrons. The van der Waals surface area contributed by atoms with Crippen molar-refractivity contribution in [3.05, 3.63) is 18.2 Å². The fourth-order valence-corrected chi connectivity index (χ4v) is 3.09. The van der Waals surface area contributed by atoms with Crippen LogP contribution in [0.4, 0.5) is 0 Å². The summed E-state index contributed by atoms with van der Waals surface area (Å²) in [4.78, 5) is 4.69. The summed E-state index contributed by atoms with van der Waals surface area (Å²) >= 11 is 0. The number of β-amino-alcohol motifs (C(OH)–C–C–N with tert-alkyl or cyclic N) is 1. The standard InChI is InChI=1S/C17H26N2O4/c1-2-21-15-4-3-5-16-17(15)23-14(13-22-16)12-19-8-6-18(7-9-19)10-11-20/h3-5,14,20H,2,6-13H2,1H3. The molecule has 0 bridgehead atoms. The molecule has 1 saturated heterocycles. The molecule has 1 aromatic rings. The van der Waals surface area contributed by atoms with E-state index in [1.807, 2.05) is 25.1 Å². The number of para-hydroxylation sites is 1. The predicted octanol–water partition coefficient (Wildman–Crippen LogP) is 0.835. The number of fused-ring (bicyclic) bond motifs is 1. The summed E-state index contributed by atoms with van der Waals surface area (Å²) in [6.07, 6.45) is 0.0218. The molecule has 1 N–H and O–H groups in total. The molecule has 1 atom stereocenters. The van der Waals surface area contributed by atoms with Crippen LogP contribution in [0.1, 0.15) is 6.92 Å². The second kappa shape index (κ2) is 7.86. The number of rotatable bonds is 6. The van der Waals surface area contributed by atoms with Crippen LogP contribution in [-0.4, -0.2) is 80.1 Å². The van der Waals surface area contributed by atoms with Crippen LogP contribution >= 0.6 is 0 Å². The van der Waals surface area contributed by atoms with Gasteiger partial charge >= 0.3 is 0 Å². The van der Waals surface area contributed by atoms with E-state index < -0.39 is 0 Å². The van der Waals surface area contributed by atoms with Gasteiger partial charge in [0.05, 0.1) is 13.2 Å². The van der Waals surface area contributed by atoms with E-state index in [1.54, 1.807) is 0 Å². The maximum Gasteiger partial charge on any atom is 0.204 e. The minimum Gasteiger partial charge on any atom is -0.490 e. The number of piperazine rings is 1. The van der Waals surface area contributed by atoms with E-state index in [0.29, 0.717) is 13.2 Å². The molecule has 2 heterocycles. The van der Waals surface area contributed by atoms with Gasteiger partial charge in [-0.2, -0.15) is 0 Å². The van der Waals surface area contributed by atoms with Gasteiger partial charge in [-0.3, -0.25) is 9.80 Å². The number of ether oxygens (including phenoxy) is 3. The number of benzene rings is 1. The molecule has 1 unspecified atom stereocenters. The van der Waals surface area contributed by atoms with Crippen molar-refractivity contribution in [2.75, 3.05) is 59.1 Å². The summed E-state index contributed by atoms with van der Waals surface area (Å²) in [5, 5.41) is 9.00. The van der Waals surface area contributed by atoms with Crippen molar-refractivity contribution in [2.24, 2.45) is 0 Å². The quantitative estimate of drug-likeness (QED) is 0.837. The summed E-state index contributed by atoms with van der Waals surface area (Å²) in [7, 11) is 0. The number of aliphatic hydroxyl groups is 1. The Morgan fingerprint density at radius 3 is 2.74 bits per heavy atom.